The predicted octanol–water partition coefficient (Wildman–Crippen LogP) is 3.88. The second-order valence-corrected chi connectivity index (χ2v) is 8.45. The second kappa shape index (κ2) is 9.47. The minimum Gasteiger partial charge on any atom is -0.488 e. The van der Waals surface area contributed by atoms with E-state index in [4.69, 9.17) is 16.3 Å². The summed E-state index contributed by atoms with van der Waals surface area (Å²) in [7, 11) is 0. The smallest absolute Gasteiger partial charge is 0.293 e. The SMILES string of the molecule is O=C(NCCN1C(=O)S/C(=C\c2ccc(Cl)c([N+](=O)[O-])c2)C1=O)C1=Cc2ccccc2OC1. The van der Waals surface area contributed by atoms with Crippen molar-refractivity contribution in [2.75, 3.05) is 19.7 Å². The van der Waals surface area contributed by atoms with E-state index in [1.54, 1.807) is 6.08 Å². The van der Waals surface area contributed by atoms with Crippen LogP contribution in [-0.4, -0.2) is 46.6 Å². The average molecular weight is 486 g/mol. The van der Waals surface area contributed by atoms with Gasteiger partial charge in [-0.15, -0.1) is 0 Å². The Labute approximate surface area is 197 Å². The third-order valence-corrected chi connectivity index (χ3v) is 6.11. The van der Waals surface area contributed by atoms with E-state index < -0.39 is 16.1 Å². The second-order valence-electron chi connectivity index (χ2n) is 7.05. The molecule has 33 heavy (non-hydrogen) atoms. The van der Waals surface area contributed by atoms with Crippen LogP contribution in [0.15, 0.2) is 52.9 Å². The largest absolute Gasteiger partial charge is 0.488 e. The molecule has 2 aromatic rings. The van der Waals surface area contributed by atoms with Gasteiger partial charge in [-0.05, 0) is 41.6 Å². The number of hydrogen-bond donors (Lipinski definition) is 1. The van der Waals surface area contributed by atoms with E-state index in [0.29, 0.717) is 16.9 Å². The number of nitro benzene ring substituents is 1. The lowest BCUT2D eigenvalue weighted by Crippen LogP contribution is -2.38. The maximum atomic E-state index is 12.6. The number of nitrogens with zero attached hydrogens (tertiary/aromatic N) is 2. The number of fused-ring (bicyclic) bond motifs is 1. The first-order valence-electron chi connectivity index (χ1n) is 9.73. The Morgan fingerprint density at radius 3 is 2.85 bits per heavy atom. The van der Waals surface area contributed by atoms with Crippen molar-refractivity contribution in [3.8, 4) is 5.75 Å². The Balaban J connectivity index is 1.38. The van der Waals surface area contributed by atoms with Crippen LogP contribution in [0, 0.1) is 10.1 Å². The lowest BCUT2D eigenvalue weighted by molar-refractivity contribution is -0.384. The van der Waals surface area contributed by atoms with E-state index in [0.717, 1.165) is 22.2 Å². The first kappa shape index (κ1) is 22.6. The first-order valence-corrected chi connectivity index (χ1v) is 10.9. The van der Waals surface area contributed by atoms with Gasteiger partial charge in [0, 0.05) is 24.7 Å². The highest BCUT2D eigenvalue weighted by Gasteiger charge is 2.35. The number of thioether (sulfide) groups is 1. The van der Waals surface area contributed by atoms with Crippen molar-refractivity contribution in [3.63, 3.8) is 0 Å². The molecular formula is C22H16ClN3O6S. The van der Waals surface area contributed by atoms with Crippen LogP contribution in [-0.2, 0) is 9.59 Å². The van der Waals surface area contributed by atoms with Crippen LogP contribution in [0.2, 0.25) is 5.02 Å². The number of nitrogens with one attached hydrogen (secondary N) is 1. The molecule has 0 saturated carbocycles. The molecule has 4 rings (SSSR count). The van der Waals surface area contributed by atoms with Crippen LogP contribution in [0.25, 0.3) is 12.2 Å². The zero-order valence-electron chi connectivity index (χ0n) is 16.9. The summed E-state index contributed by atoms with van der Waals surface area (Å²) in [5, 5.41) is 13.2. The normalized spacial score (nSPS) is 16.3. The van der Waals surface area contributed by atoms with Gasteiger partial charge < -0.3 is 10.1 Å². The van der Waals surface area contributed by atoms with Gasteiger partial charge >= 0.3 is 0 Å². The minimum absolute atomic E-state index is 0.0146. The van der Waals surface area contributed by atoms with Crippen molar-refractivity contribution >= 4 is 58.3 Å². The zero-order chi connectivity index (χ0) is 23.5. The van der Waals surface area contributed by atoms with Crippen molar-refractivity contribution < 1.29 is 24.0 Å². The van der Waals surface area contributed by atoms with Gasteiger partial charge in [-0.3, -0.25) is 29.4 Å². The Hall–Kier alpha value is -3.63. The van der Waals surface area contributed by atoms with E-state index in [2.05, 4.69) is 5.32 Å². The summed E-state index contributed by atoms with van der Waals surface area (Å²) in [6.45, 7) is 0.176. The summed E-state index contributed by atoms with van der Waals surface area (Å²) < 4.78 is 5.56. The topological polar surface area (TPSA) is 119 Å². The molecule has 2 heterocycles. The molecule has 3 amide bonds. The molecule has 0 aromatic heterocycles. The fraction of sp³-hybridized carbons (Fsp3) is 0.136. The molecular weight excluding hydrogens is 470 g/mol. The number of carbonyl (C=O) groups excluding carboxylic acids is 3. The van der Waals surface area contributed by atoms with Gasteiger partial charge in [0.05, 0.1) is 15.4 Å². The van der Waals surface area contributed by atoms with Crippen LogP contribution >= 0.6 is 23.4 Å². The fourth-order valence-electron chi connectivity index (χ4n) is 3.25. The number of hydrogen-bond acceptors (Lipinski definition) is 7. The highest BCUT2D eigenvalue weighted by atomic mass is 35.5. The third kappa shape index (κ3) is 4.91. The van der Waals surface area contributed by atoms with E-state index in [1.165, 1.54) is 24.3 Å². The van der Waals surface area contributed by atoms with Gasteiger partial charge in [-0.1, -0.05) is 35.9 Å². The molecule has 1 fully saturated rings. The van der Waals surface area contributed by atoms with Crippen LogP contribution in [0.3, 0.4) is 0 Å². The molecule has 0 atom stereocenters. The molecule has 0 spiro atoms. The number of carbonyl (C=O) groups is 3. The molecule has 1 saturated heterocycles. The minimum atomic E-state index is -0.626. The van der Waals surface area contributed by atoms with Crippen molar-refractivity contribution in [3.05, 3.63) is 79.2 Å². The van der Waals surface area contributed by atoms with Gasteiger partial charge in [-0.2, -0.15) is 0 Å². The molecule has 0 bridgehead atoms. The number of nitro groups is 1. The van der Waals surface area contributed by atoms with Gasteiger partial charge in [0.15, 0.2) is 0 Å². The monoisotopic (exact) mass is 485 g/mol. The lowest BCUT2D eigenvalue weighted by Gasteiger charge is -2.18. The number of para-hydroxylation sites is 1. The third-order valence-electron chi connectivity index (χ3n) is 4.88. The number of ether oxygens (including phenoxy) is 1. The zero-order valence-corrected chi connectivity index (χ0v) is 18.5. The van der Waals surface area contributed by atoms with Crippen molar-refractivity contribution in [2.45, 2.75) is 0 Å². The number of benzene rings is 2. The van der Waals surface area contributed by atoms with Crippen molar-refractivity contribution in [1.29, 1.82) is 0 Å². The molecule has 11 heteroatoms. The molecule has 0 aliphatic carbocycles. The Kier molecular flexibility index (Phi) is 6.47. The number of amides is 3. The summed E-state index contributed by atoms with van der Waals surface area (Å²) >= 11 is 6.53. The molecule has 0 unspecified atom stereocenters. The summed E-state index contributed by atoms with van der Waals surface area (Å²) in [4.78, 5) is 48.9. The van der Waals surface area contributed by atoms with Gasteiger partial charge in [0.2, 0.25) is 0 Å². The van der Waals surface area contributed by atoms with E-state index in [-0.39, 0.29) is 41.2 Å². The lowest BCUT2D eigenvalue weighted by atomic mass is 10.1. The van der Waals surface area contributed by atoms with Crippen LogP contribution in [0.1, 0.15) is 11.1 Å². The summed E-state index contributed by atoms with van der Waals surface area (Å²) in [6, 6.07) is 11.4. The van der Waals surface area contributed by atoms with Crippen molar-refractivity contribution in [2.24, 2.45) is 0 Å². The maximum Gasteiger partial charge on any atom is 0.293 e. The van der Waals surface area contributed by atoms with Gasteiger partial charge in [0.1, 0.15) is 17.4 Å². The Bertz CT molecular complexity index is 1240. The van der Waals surface area contributed by atoms with E-state index >= 15 is 0 Å². The standard InChI is InChI=1S/C22H16ClN3O6S/c23-16-6-5-13(9-17(16)26(30)31)10-19-21(28)25(22(29)33-19)8-7-24-20(27)15-11-14-3-1-2-4-18(14)32-12-15/h1-6,9-11H,7-8,12H2,(H,24,27)/b19-10-. The Morgan fingerprint density at radius 2 is 2.06 bits per heavy atom. The molecule has 2 aromatic carbocycles. The van der Waals surface area contributed by atoms with Crippen LogP contribution < -0.4 is 10.1 Å². The fourth-order valence-corrected chi connectivity index (χ4v) is 4.30. The molecule has 168 valence electrons. The summed E-state index contributed by atoms with van der Waals surface area (Å²) in [5.41, 5.74) is 1.31. The summed E-state index contributed by atoms with van der Waals surface area (Å²) in [6.07, 6.45) is 3.14. The number of rotatable bonds is 6. The average Bonchev–Trinajstić information content (AvgIpc) is 3.07. The van der Waals surface area contributed by atoms with E-state index in [1.807, 2.05) is 24.3 Å². The predicted molar refractivity (Wildman–Crippen MR) is 124 cm³/mol. The van der Waals surface area contributed by atoms with E-state index in [9.17, 15) is 24.5 Å². The first-order chi connectivity index (χ1) is 15.8. The molecule has 1 N–H and O–H groups in total. The highest BCUT2D eigenvalue weighted by Crippen LogP contribution is 2.33. The molecule has 2 aliphatic heterocycles. The molecule has 2 aliphatic rings. The van der Waals surface area contributed by atoms with Gasteiger partial charge in [0.25, 0.3) is 22.7 Å². The Morgan fingerprint density at radius 1 is 1.27 bits per heavy atom. The highest BCUT2D eigenvalue weighted by molar-refractivity contribution is 8.18. The number of halogens is 1. The number of imide groups is 1. The molecule has 0 radical (unpaired) electrons. The molecule has 9 nitrogen and oxygen atoms in total. The van der Waals surface area contributed by atoms with Crippen molar-refractivity contribution in [1.82, 2.24) is 10.2 Å². The van der Waals surface area contributed by atoms with Crippen LogP contribution in [0.5, 0.6) is 5.75 Å². The maximum absolute atomic E-state index is 12.6. The van der Waals surface area contributed by atoms with Crippen LogP contribution in [0.4, 0.5) is 10.5 Å². The summed E-state index contributed by atoms with van der Waals surface area (Å²) in [5.74, 6) is -0.184. The van der Waals surface area contributed by atoms with Gasteiger partial charge in [-0.25, -0.2) is 0 Å². The quantitative estimate of drug-likeness (QED) is 0.374.